The van der Waals surface area contributed by atoms with Crippen molar-refractivity contribution in [2.45, 2.75) is 19.9 Å². The molecule has 2 saturated heterocycles. The number of carbonyl (C=O) groups excluding carboxylic acids is 1. The van der Waals surface area contributed by atoms with Crippen LogP contribution in [-0.2, 0) is 4.79 Å². The van der Waals surface area contributed by atoms with E-state index in [-0.39, 0.29) is 5.91 Å². The average molecular weight is 211 g/mol. The quantitative estimate of drug-likeness (QED) is 0.650. The highest BCUT2D eigenvalue weighted by Gasteiger charge is 2.31. The van der Waals surface area contributed by atoms with E-state index < -0.39 is 0 Å². The van der Waals surface area contributed by atoms with Gasteiger partial charge in [0.25, 0.3) is 0 Å². The number of amides is 1. The molecule has 4 nitrogen and oxygen atoms in total. The SMILES string of the molecule is CC(=O)N1CCN(C2CNCC2C)CC1. The first-order valence-corrected chi connectivity index (χ1v) is 5.89. The normalized spacial score (nSPS) is 33.3. The van der Waals surface area contributed by atoms with Gasteiger partial charge in [-0.2, -0.15) is 0 Å². The van der Waals surface area contributed by atoms with Crippen LogP contribution in [0.25, 0.3) is 0 Å². The molecule has 2 aliphatic heterocycles. The van der Waals surface area contributed by atoms with E-state index in [0.29, 0.717) is 6.04 Å². The van der Waals surface area contributed by atoms with Crippen molar-refractivity contribution in [1.29, 1.82) is 0 Å². The van der Waals surface area contributed by atoms with E-state index >= 15 is 0 Å². The van der Waals surface area contributed by atoms with Gasteiger partial charge in [-0.1, -0.05) is 6.92 Å². The highest BCUT2D eigenvalue weighted by atomic mass is 16.2. The van der Waals surface area contributed by atoms with Crippen LogP contribution in [0.5, 0.6) is 0 Å². The second-order valence-electron chi connectivity index (χ2n) is 4.74. The highest BCUT2D eigenvalue weighted by Crippen LogP contribution is 2.17. The third-order valence-corrected chi connectivity index (χ3v) is 3.71. The minimum Gasteiger partial charge on any atom is -0.340 e. The van der Waals surface area contributed by atoms with Crippen LogP contribution in [0, 0.1) is 5.92 Å². The lowest BCUT2D eigenvalue weighted by Crippen LogP contribution is -2.53. The molecular weight excluding hydrogens is 190 g/mol. The number of carbonyl (C=O) groups is 1. The molecule has 1 amide bonds. The Balaban J connectivity index is 1.85. The fourth-order valence-electron chi connectivity index (χ4n) is 2.65. The Morgan fingerprint density at radius 3 is 2.33 bits per heavy atom. The van der Waals surface area contributed by atoms with E-state index in [1.165, 1.54) is 0 Å². The van der Waals surface area contributed by atoms with Gasteiger partial charge in [0.2, 0.25) is 5.91 Å². The van der Waals surface area contributed by atoms with Gasteiger partial charge in [0.05, 0.1) is 0 Å². The maximum Gasteiger partial charge on any atom is 0.219 e. The van der Waals surface area contributed by atoms with E-state index in [0.717, 1.165) is 45.2 Å². The van der Waals surface area contributed by atoms with E-state index in [4.69, 9.17) is 0 Å². The maximum absolute atomic E-state index is 11.2. The lowest BCUT2D eigenvalue weighted by Gasteiger charge is -2.38. The van der Waals surface area contributed by atoms with Gasteiger partial charge in [-0.05, 0) is 12.5 Å². The van der Waals surface area contributed by atoms with Crippen molar-refractivity contribution in [2.24, 2.45) is 5.92 Å². The summed E-state index contributed by atoms with van der Waals surface area (Å²) < 4.78 is 0. The first-order valence-electron chi connectivity index (χ1n) is 5.89. The van der Waals surface area contributed by atoms with E-state index in [1.54, 1.807) is 6.92 Å². The van der Waals surface area contributed by atoms with Crippen LogP contribution in [-0.4, -0.2) is 61.0 Å². The number of nitrogens with zero attached hydrogens (tertiary/aromatic N) is 2. The van der Waals surface area contributed by atoms with Crippen LogP contribution >= 0.6 is 0 Å². The van der Waals surface area contributed by atoms with E-state index in [9.17, 15) is 4.79 Å². The molecule has 0 radical (unpaired) electrons. The molecule has 2 heterocycles. The standard InChI is InChI=1S/C11H21N3O/c1-9-7-12-8-11(9)14-5-3-13(4-6-14)10(2)15/h9,11-12H,3-8H2,1-2H3. The van der Waals surface area contributed by atoms with E-state index in [2.05, 4.69) is 17.1 Å². The summed E-state index contributed by atoms with van der Waals surface area (Å²) >= 11 is 0. The molecule has 4 heteroatoms. The maximum atomic E-state index is 11.2. The molecular formula is C11H21N3O. The summed E-state index contributed by atoms with van der Waals surface area (Å²) in [5, 5.41) is 3.43. The third kappa shape index (κ3) is 2.32. The molecule has 1 N–H and O–H groups in total. The van der Waals surface area contributed by atoms with Crippen LogP contribution in [0.15, 0.2) is 0 Å². The molecule has 0 bridgehead atoms. The lowest BCUT2D eigenvalue weighted by molar-refractivity contribution is -0.130. The predicted molar refractivity (Wildman–Crippen MR) is 59.6 cm³/mol. The van der Waals surface area contributed by atoms with Crippen LogP contribution in [0.4, 0.5) is 0 Å². The highest BCUT2D eigenvalue weighted by molar-refractivity contribution is 5.73. The van der Waals surface area contributed by atoms with Crippen molar-refractivity contribution < 1.29 is 4.79 Å². The van der Waals surface area contributed by atoms with Gasteiger partial charge >= 0.3 is 0 Å². The van der Waals surface area contributed by atoms with Gasteiger partial charge < -0.3 is 10.2 Å². The summed E-state index contributed by atoms with van der Waals surface area (Å²) in [6, 6.07) is 0.680. The molecule has 2 atom stereocenters. The van der Waals surface area contributed by atoms with Gasteiger partial charge in [-0.3, -0.25) is 9.69 Å². The Bertz CT molecular complexity index is 236. The molecule has 0 aliphatic carbocycles. The Kier molecular flexibility index (Phi) is 3.26. The third-order valence-electron chi connectivity index (χ3n) is 3.71. The summed E-state index contributed by atoms with van der Waals surface area (Å²) in [6.07, 6.45) is 0. The molecule has 0 aromatic rings. The van der Waals surface area contributed by atoms with Gasteiger partial charge in [0.15, 0.2) is 0 Å². The van der Waals surface area contributed by atoms with Crippen LogP contribution in [0.3, 0.4) is 0 Å². The molecule has 0 saturated carbocycles. The first kappa shape index (κ1) is 10.9. The Morgan fingerprint density at radius 2 is 1.87 bits per heavy atom. The summed E-state index contributed by atoms with van der Waals surface area (Å²) in [6.45, 7) is 10.1. The number of nitrogens with one attached hydrogen (secondary N) is 1. The fraction of sp³-hybridized carbons (Fsp3) is 0.909. The van der Waals surface area contributed by atoms with Crippen molar-refractivity contribution in [3.8, 4) is 0 Å². The lowest BCUT2D eigenvalue weighted by atomic mass is 10.0. The molecule has 2 fully saturated rings. The van der Waals surface area contributed by atoms with Crippen molar-refractivity contribution >= 4 is 5.91 Å². The predicted octanol–water partition coefficient (Wildman–Crippen LogP) is -0.242. The first-order chi connectivity index (χ1) is 7.18. The van der Waals surface area contributed by atoms with Gasteiger partial charge in [-0.25, -0.2) is 0 Å². The van der Waals surface area contributed by atoms with Crippen LogP contribution in [0.2, 0.25) is 0 Å². The van der Waals surface area contributed by atoms with Crippen LogP contribution < -0.4 is 5.32 Å². The molecule has 0 spiro atoms. The summed E-state index contributed by atoms with van der Waals surface area (Å²) in [5.41, 5.74) is 0. The summed E-state index contributed by atoms with van der Waals surface area (Å²) in [4.78, 5) is 15.7. The molecule has 2 unspecified atom stereocenters. The molecule has 0 aromatic heterocycles. The Hall–Kier alpha value is -0.610. The molecule has 86 valence electrons. The molecule has 2 rings (SSSR count). The van der Waals surface area contributed by atoms with Crippen molar-refractivity contribution in [3.05, 3.63) is 0 Å². The van der Waals surface area contributed by atoms with Gasteiger partial charge in [0.1, 0.15) is 0 Å². The topological polar surface area (TPSA) is 35.6 Å². The Labute approximate surface area is 91.6 Å². The minimum absolute atomic E-state index is 0.215. The number of rotatable bonds is 1. The summed E-state index contributed by atoms with van der Waals surface area (Å²) in [7, 11) is 0. The zero-order valence-corrected chi connectivity index (χ0v) is 9.70. The fourth-order valence-corrected chi connectivity index (χ4v) is 2.65. The average Bonchev–Trinajstić information content (AvgIpc) is 2.65. The number of hydrogen-bond acceptors (Lipinski definition) is 3. The van der Waals surface area contributed by atoms with Gasteiger partial charge in [0, 0.05) is 45.7 Å². The largest absolute Gasteiger partial charge is 0.340 e. The Morgan fingerprint density at radius 1 is 1.20 bits per heavy atom. The summed E-state index contributed by atoms with van der Waals surface area (Å²) in [5.74, 6) is 0.959. The molecule has 2 aliphatic rings. The second kappa shape index (κ2) is 4.49. The smallest absolute Gasteiger partial charge is 0.219 e. The second-order valence-corrected chi connectivity index (χ2v) is 4.74. The zero-order chi connectivity index (χ0) is 10.8. The van der Waals surface area contributed by atoms with Crippen molar-refractivity contribution in [1.82, 2.24) is 15.1 Å². The minimum atomic E-state index is 0.215. The van der Waals surface area contributed by atoms with Crippen molar-refractivity contribution in [2.75, 3.05) is 39.3 Å². The van der Waals surface area contributed by atoms with Crippen LogP contribution in [0.1, 0.15) is 13.8 Å². The van der Waals surface area contributed by atoms with E-state index in [1.807, 2.05) is 4.90 Å². The van der Waals surface area contributed by atoms with Crippen molar-refractivity contribution in [3.63, 3.8) is 0 Å². The zero-order valence-electron chi connectivity index (χ0n) is 9.70. The molecule has 0 aromatic carbocycles. The monoisotopic (exact) mass is 211 g/mol. The number of hydrogen-bond donors (Lipinski definition) is 1. The number of piperazine rings is 1. The molecule has 15 heavy (non-hydrogen) atoms. The van der Waals surface area contributed by atoms with Gasteiger partial charge in [-0.15, -0.1) is 0 Å².